The largest absolute Gasteiger partial charge is 0.465 e. The number of nitrogens with one attached hydrogen (secondary N) is 4. The molecular weight excluding hydrogens is 688 g/mol. The molecule has 3 unspecified atom stereocenters. The van der Waals surface area contributed by atoms with Gasteiger partial charge in [0.2, 0.25) is 5.91 Å². The van der Waals surface area contributed by atoms with Gasteiger partial charge in [0, 0.05) is 18.7 Å². The van der Waals surface area contributed by atoms with Crippen molar-refractivity contribution in [2.45, 2.75) is 63.7 Å². The molecule has 5 N–H and O–H groups in total. The van der Waals surface area contributed by atoms with Gasteiger partial charge in [0.05, 0.1) is 37.3 Å². The summed E-state index contributed by atoms with van der Waals surface area (Å²) in [6.07, 6.45) is 4.48. The Labute approximate surface area is 313 Å². The Morgan fingerprint density at radius 2 is 1.46 bits per heavy atom. The minimum atomic E-state index is -1.22. The molecule has 2 aliphatic rings. The van der Waals surface area contributed by atoms with Crippen molar-refractivity contribution in [1.29, 1.82) is 0 Å². The maximum Gasteiger partial charge on any atom is 0.407 e. The smallest absolute Gasteiger partial charge is 0.407 e. The van der Waals surface area contributed by atoms with Crippen molar-refractivity contribution in [1.82, 2.24) is 40.4 Å². The maximum atomic E-state index is 13.7. The Bertz CT molecular complexity index is 2100. The van der Waals surface area contributed by atoms with Crippen molar-refractivity contribution >= 4 is 24.0 Å². The standard InChI is InChI=1S/C40H42N8O6/c1-25(2)33(45-39(51)52)37(49)47-21-10-16-32(47)36-42-24-30(44-36)27-19-17-26(18-20-27)11-7-8-14-29-23-41-35(43-29)31-15-9-22-48(31)38(50)34(46-40(53)54-3)28-12-5-4-6-13-28/h4-6,12-13,17-20,23-25,31-34,45H,9-10,15-16,21-22H2,1-3H3,(H,41,43)(H,42,44)(H,46,53)(H,51,52)/t31?,32?,33-,34?/m0/s1. The molecule has 0 bridgehead atoms. The van der Waals surface area contributed by atoms with Gasteiger partial charge in [-0.2, -0.15) is 0 Å². The Hall–Kier alpha value is -6.54. The molecule has 2 aliphatic heterocycles. The summed E-state index contributed by atoms with van der Waals surface area (Å²) >= 11 is 0. The third-order valence-electron chi connectivity index (χ3n) is 9.60. The first-order valence-corrected chi connectivity index (χ1v) is 17.8. The number of benzene rings is 2. The minimum absolute atomic E-state index is 0.196. The molecule has 14 nitrogen and oxygen atoms in total. The number of carboxylic acid groups (broad SMARTS) is 1. The molecule has 0 radical (unpaired) electrons. The first-order valence-electron chi connectivity index (χ1n) is 17.8. The maximum absolute atomic E-state index is 13.7. The van der Waals surface area contributed by atoms with E-state index in [9.17, 15) is 24.3 Å². The quantitative estimate of drug-likeness (QED) is 0.150. The average Bonchev–Trinajstić information content (AvgIpc) is 4.01. The second kappa shape index (κ2) is 16.9. The fourth-order valence-electron chi connectivity index (χ4n) is 6.89. The molecule has 4 heterocycles. The molecule has 6 rings (SSSR count). The van der Waals surface area contributed by atoms with E-state index in [2.05, 4.69) is 54.3 Å². The second-order valence-electron chi connectivity index (χ2n) is 13.5. The van der Waals surface area contributed by atoms with Crippen LogP contribution < -0.4 is 10.6 Å². The van der Waals surface area contributed by atoms with Gasteiger partial charge in [-0.3, -0.25) is 9.59 Å². The van der Waals surface area contributed by atoms with Crippen molar-refractivity contribution in [3.63, 3.8) is 0 Å². The third-order valence-corrected chi connectivity index (χ3v) is 9.60. The van der Waals surface area contributed by atoms with Crippen LogP contribution in [0.3, 0.4) is 0 Å². The van der Waals surface area contributed by atoms with Crippen molar-refractivity contribution in [3.8, 4) is 34.9 Å². The summed E-state index contributed by atoms with van der Waals surface area (Å²) in [4.78, 5) is 69.6. The number of likely N-dealkylation sites (tertiary alicyclic amines) is 2. The van der Waals surface area contributed by atoms with Crippen LogP contribution in [-0.4, -0.2) is 85.1 Å². The number of nitrogens with zero attached hydrogens (tertiary/aromatic N) is 4. The summed E-state index contributed by atoms with van der Waals surface area (Å²) < 4.78 is 4.78. The van der Waals surface area contributed by atoms with Crippen LogP contribution in [0.4, 0.5) is 9.59 Å². The summed E-state index contributed by atoms with van der Waals surface area (Å²) in [5, 5.41) is 14.3. The number of ether oxygens (including phenoxy) is 1. The number of methoxy groups -OCH3 is 1. The number of hydrogen-bond donors (Lipinski definition) is 5. The van der Waals surface area contributed by atoms with Crippen molar-refractivity contribution < 1.29 is 29.0 Å². The highest BCUT2D eigenvalue weighted by Crippen LogP contribution is 2.34. The monoisotopic (exact) mass is 730 g/mol. The van der Waals surface area contributed by atoms with Gasteiger partial charge in [0.15, 0.2) is 0 Å². The van der Waals surface area contributed by atoms with Crippen LogP contribution in [0.15, 0.2) is 67.0 Å². The number of carbonyl (C=O) groups is 4. The predicted octanol–water partition coefficient (Wildman–Crippen LogP) is 4.92. The molecule has 4 amide bonds. The molecule has 2 fully saturated rings. The highest BCUT2D eigenvalue weighted by atomic mass is 16.5. The van der Waals surface area contributed by atoms with Crippen molar-refractivity contribution in [2.75, 3.05) is 20.2 Å². The predicted molar refractivity (Wildman–Crippen MR) is 198 cm³/mol. The molecule has 0 aliphatic carbocycles. The van der Waals surface area contributed by atoms with E-state index in [0.717, 1.165) is 36.1 Å². The van der Waals surface area contributed by atoms with E-state index in [1.165, 1.54) is 7.11 Å². The Kier molecular flexibility index (Phi) is 11.6. The average molecular weight is 731 g/mol. The van der Waals surface area contributed by atoms with Crippen LogP contribution >= 0.6 is 0 Å². The Morgan fingerprint density at radius 1 is 0.833 bits per heavy atom. The van der Waals surface area contributed by atoms with Crippen LogP contribution in [0.25, 0.3) is 11.3 Å². The lowest BCUT2D eigenvalue weighted by atomic mass is 10.0. The lowest BCUT2D eigenvalue weighted by Crippen LogP contribution is -2.50. The number of aromatic nitrogens is 4. The zero-order valence-electron chi connectivity index (χ0n) is 30.3. The number of aromatic amines is 2. The number of H-pyrrole nitrogens is 2. The Balaban J connectivity index is 1.08. The van der Waals surface area contributed by atoms with E-state index in [1.807, 2.05) is 56.3 Å². The molecule has 4 atom stereocenters. The number of amides is 4. The van der Waals surface area contributed by atoms with Gasteiger partial charge in [-0.1, -0.05) is 62.2 Å². The summed E-state index contributed by atoms with van der Waals surface area (Å²) in [7, 11) is 1.26. The van der Waals surface area contributed by atoms with Crippen LogP contribution in [0.2, 0.25) is 0 Å². The van der Waals surface area contributed by atoms with E-state index in [1.54, 1.807) is 34.3 Å². The summed E-state index contributed by atoms with van der Waals surface area (Å²) in [6, 6.07) is 14.4. The number of hydrogen-bond acceptors (Lipinski definition) is 7. The SMILES string of the molecule is COC(=O)NC(C(=O)N1CCCC1c1ncc(C#CC#Cc2ccc(-c3cnc(C4CCCN4C(=O)[C@@H](NC(=O)O)C(C)C)[nH]3)cc2)[nH]1)c1ccccc1. The zero-order valence-corrected chi connectivity index (χ0v) is 30.3. The van der Waals surface area contributed by atoms with Crippen LogP contribution in [0, 0.1) is 29.6 Å². The molecule has 2 aromatic heterocycles. The second-order valence-corrected chi connectivity index (χ2v) is 13.5. The third kappa shape index (κ3) is 8.56. The van der Waals surface area contributed by atoms with Crippen molar-refractivity contribution in [2.24, 2.45) is 5.92 Å². The van der Waals surface area contributed by atoms with E-state index in [4.69, 9.17) is 4.74 Å². The van der Waals surface area contributed by atoms with Gasteiger partial charge in [-0.15, -0.1) is 0 Å². The highest BCUT2D eigenvalue weighted by Gasteiger charge is 2.38. The summed E-state index contributed by atoms with van der Waals surface area (Å²) in [5.41, 5.74) is 3.68. The lowest BCUT2D eigenvalue weighted by molar-refractivity contribution is -0.135. The van der Waals surface area contributed by atoms with Gasteiger partial charge in [0.1, 0.15) is 29.4 Å². The topological polar surface area (TPSA) is 186 Å². The number of rotatable bonds is 9. The van der Waals surface area contributed by atoms with E-state index < -0.39 is 24.3 Å². The molecule has 4 aromatic rings. The normalized spacial score (nSPS) is 17.5. The summed E-state index contributed by atoms with van der Waals surface area (Å²) in [5.74, 6) is 12.4. The first-order chi connectivity index (χ1) is 26.1. The van der Waals surface area contributed by atoms with Gasteiger partial charge >= 0.3 is 12.2 Å². The summed E-state index contributed by atoms with van der Waals surface area (Å²) in [6.45, 7) is 4.70. The van der Waals surface area contributed by atoms with Crippen LogP contribution in [0.1, 0.15) is 86.1 Å². The number of imidazole rings is 2. The fraction of sp³-hybridized carbons (Fsp3) is 0.350. The zero-order chi connectivity index (χ0) is 38.2. The van der Waals surface area contributed by atoms with Gasteiger partial charge in [-0.05, 0) is 72.6 Å². The number of alkyl carbamates (subject to hydrolysis) is 1. The lowest BCUT2D eigenvalue weighted by Gasteiger charge is -2.29. The number of carbonyl (C=O) groups excluding carboxylic acids is 3. The molecular formula is C40H42N8O6. The molecule has 2 aromatic carbocycles. The molecule has 0 saturated carbocycles. The van der Waals surface area contributed by atoms with Crippen LogP contribution in [0.5, 0.6) is 0 Å². The van der Waals surface area contributed by atoms with E-state index in [-0.39, 0.29) is 29.8 Å². The molecule has 2 saturated heterocycles. The Morgan fingerprint density at radius 3 is 2.11 bits per heavy atom. The van der Waals surface area contributed by atoms with Crippen molar-refractivity contribution in [3.05, 3.63) is 95.5 Å². The van der Waals surface area contributed by atoms with Gasteiger partial charge in [0.25, 0.3) is 5.91 Å². The molecule has 14 heteroatoms. The molecule has 278 valence electrons. The highest BCUT2D eigenvalue weighted by molar-refractivity contribution is 5.87. The first kappa shape index (κ1) is 37.2. The molecule has 0 spiro atoms. The fourth-order valence-corrected chi connectivity index (χ4v) is 6.89. The van der Waals surface area contributed by atoms with Gasteiger partial charge in [-0.25, -0.2) is 19.6 Å². The van der Waals surface area contributed by atoms with E-state index in [0.29, 0.717) is 42.4 Å². The van der Waals surface area contributed by atoms with E-state index >= 15 is 0 Å². The van der Waals surface area contributed by atoms with Gasteiger partial charge < -0.3 is 40.2 Å². The minimum Gasteiger partial charge on any atom is -0.465 e. The van der Waals surface area contributed by atoms with Crippen LogP contribution in [-0.2, 0) is 14.3 Å². The molecule has 54 heavy (non-hydrogen) atoms.